The lowest BCUT2D eigenvalue weighted by Gasteiger charge is -2.02. The first-order chi connectivity index (χ1) is 7.68. The summed E-state index contributed by atoms with van der Waals surface area (Å²) in [4.78, 5) is 15.6. The highest BCUT2D eigenvalue weighted by molar-refractivity contribution is 6.66. The van der Waals surface area contributed by atoms with Crippen LogP contribution in [0.1, 0.15) is 6.92 Å². The quantitative estimate of drug-likeness (QED) is 0.632. The van der Waals surface area contributed by atoms with Crippen molar-refractivity contribution in [2.45, 2.75) is 6.92 Å². The fraction of sp³-hybridized carbons (Fsp3) is 0.100. The number of carbonyl (C=O) groups is 1. The molecule has 5 nitrogen and oxygen atoms in total. The Morgan fingerprint density at radius 3 is 2.81 bits per heavy atom. The Bertz CT molecular complexity index is 497. The SMILES string of the molecule is CC1=NOC(=O)C1=NNc1ccccc1Cl. The van der Waals surface area contributed by atoms with Crippen LogP contribution in [-0.2, 0) is 9.63 Å². The third-order valence-corrected chi connectivity index (χ3v) is 2.29. The number of nitrogens with zero attached hydrogens (tertiary/aromatic N) is 2. The van der Waals surface area contributed by atoms with Crippen molar-refractivity contribution in [1.29, 1.82) is 0 Å². The van der Waals surface area contributed by atoms with Gasteiger partial charge < -0.3 is 4.84 Å². The lowest BCUT2D eigenvalue weighted by Crippen LogP contribution is -2.17. The van der Waals surface area contributed by atoms with Gasteiger partial charge in [0.2, 0.25) is 0 Å². The number of hydrazone groups is 1. The number of oxime groups is 1. The monoisotopic (exact) mass is 237 g/mol. The highest BCUT2D eigenvalue weighted by Gasteiger charge is 2.24. The van der Waals surface area contributed by atoms with E-state index in [9.17, 15) is 4.79 Å². The Morgan fingerprint density at radius 2 is 2.19 bits per heavy atom. The number of carbonyl (C=O) groups excluding carboxylic acids is 1. The van der Waals surface area contributed by atoms with Crippen LogP contribution < -0.4 is 5.43 Å². The fourth-order valence-electron chi connectivity index (χ4n) is 1.14. The molecule has 16 heavy (non-hydrogen) atoms. The summed E-state index contributed by atoms with van der Waals surface area (Å²) in [6, 6.07) is 7.08. The van der Waals surface area contributed by atoms with E-state index in [2.05, 4.69) is 20.5 Å². The lowest BCUT2D eigenvalue weighted by molar-refractivity contribution is -0.134. The van der Waals surface area contributed by atoms with E-state index in [4.69, 9.17) is 11.6 Å². The molecule has 1 aromatic carbocycles. The molecule has 6 heteroatoms. The summed E-state index contributed by atoms with van der Waals surface area (Å²) >= 11 is 5.90. The van der Waals surface area contributed by atoms with Crippen molar-refractivity contribution < 1.29 is 9.63 Å². The van der Waals surface area contributed by atoms with Crippen LogP contribution in [0.4, 0.5) is 5.69 Å². The van der Waals surface area contributed by atoms with E-state index in [1.165, 1.54) is 0 Å². The van der Waals surface area contributed by atoms with Crippen LogP contribution in [0.25, 0.3) is 0 Å². The van der Waals surface area contributed by atoms with Gasteiger partial charge in [-0.25, -0.2) is 4.79 Å². The molecule has 82 valence electrons. The molecule has 1 aliphatic heterocycles. The Morgan fingerprint density at radius 1 is 1.44 bits per heavy atom. The molecule has 0 bridgehead atoms. The average molecular weight is 238 g/mol. The molecule has 0 spiro atoms. The van der Waals surface area contributed by atoms with E-state index < -0.39 is 5.97 Å². The molecule has 1 heterocycles. The van der Waals surface area contributed by atoms with E-state index in [0.717, 1.165) is 0 Å². The minimum atomic E-state index is -0.572. The van der Waals surface area contributed by atoms with Gasteiger partial charge >= 0.3 is 5.97 Å². The second-order valence-electron chi connectivity index (χ2n) is 3.11. The molecule has 1 N–H and O–H groups in total. The lowest BCUT2D eigenvalue weighted by atomic mass is 10.3. The molecule has 0 radical (unpaired) electrons. The molecule has 0 atom stereocenters. The van der Waals surface area contributed by atoms with Gasteiger partial charge in [-0.3, -0.25) is 5.43 Å². The number of hydrogen-bond acceptors (Lipinski definition) is 5. The molecule has 0 fully saturated rings. The molecule has 0 saturated carbocycles. The van der Waals surface area contributed by atoms with Crippen LogP contribution in [0.3, 0.4) is 0 Å². The number of hydrogen-bond donors (Lipinski definition) is 1. The minimum Gasteiger partial charge on any atom is -0.311 e. The van der Waals surface area contributed by atoms with Crippen LogP contribution in [0, 0.1) is 0 Å². The van der Waals surface area contributed by atoms with Gasteiger partial charge in [-0.1, -0.05) is 28.9 Å². The first-order valence-electron chi connectivity index (χ1n) is 4.53. The molecule has 1 aliphatic rings. The van der Waals surface area contributed by atoms with Crippen molar-refractivity contribution in [3.63, 3.8) is 0 Å². The van der Waals surface area contributed by atoms with Crippen LogP contribution in [0.5, 0.6) is 0 Å². The van der Waals surface area contributed by atoms with Gasteiger partial charge in [0.15, 0.2) is 5.71 Å². The molecule has 0 amide bonds. The number of halogens is 1. The zero-order chi connectivity index (χ0) is 11.5. The Kier molecular flexibility index (Phi) is 2.87. The van der Waals surface area contributed by atoms with Gasteiger partial charge in [0.25, 0.3) is 0 Å². The minimum absolute atomic E-state index is 0.153. The topological polar surface area (TPSA) is 63.0 Å². The summed E-state index contributed by atoms with van der Waals surface area (Å²) in [5.41, 5.74) is 3.89. The standard InChI is InChI=1S/C10H8ClN3O2/c1-6-9(10(15)16-14-6)13-12-8-5-3-2-4-7(8)11/h2-5,12H,1H3. The van der Waals surface area contributed by atoms with Gasteiger partial charge in [-0.05, 0) is 19.1 Å². The summed E-state index contributed by atoms with van der Waals surface area (Å²) in [6.45, 7) is 1.64. The van der Waals surface area contributed by atoms with Crippen molar-refractivity contribution in [3.8, 4) is 0 Å². The number of rotatable bonds is 2. The second kappa shape index (κ2) is 4.32. The maximum Gasteiger partial charge on any atom is 0.387 e. The van der Waals surface area contributed by atoms with Crippen molar-refractivity contribution >= 4 is 34.7 Å². The molecule has 0 unspecified atom stereocenters. The molecular weight excluding hydrogens is 230 g/mol. The van der Waals surface area contributed by atoms with Gasteiger partial charge in [-0.15, -0.1) is 0 Å². The van der Waals surface area contributed by atoms with Crippen molar-refractivity contribution in [2.75, 3.05) is 5.43 Å². The highest BCUT2D eigenvalue weighted by Crippen LogP contribution is 2.20. The molecule has 0 aliphatic carbocycles. The van der Waals surface area contributed by atoms with Crippen molar-refractivity contribution in [1.82, 2.24) is 0 Å². The molecular formula is C10H8ClN3O2. The maximum absolute atomic E-state index is 11.2. The predicted molar refractivity (Wildman–Crippen MR) is 61.7 cm³/mol. The van der Waals surface area contributed by atoms with Gasteiger partial charge in [0, 0.05) is 0 Å². The number of para-hydroxylation sites is 1. The maximum atomic E-state index is 11.2. The Hall–Kier alpha value is -1.88. The Balaban J connectivity index is 2.18. The van der Waals surface area contributed by atoms with Crippen LogP contribution in [-0.4, -0.2) is 17.4 Å². The first-order valence-corrected chi connectivity index (χ1v) is 4.91. The third-order valence-electron chi connectivity index (χ3n) is 1.96. The van der Waals surface area contributed by atoms with E-state index in [-0.39, 0.29) is 5.71 Å². The smallest absolute Gasteiger partial charge is 0.311 e. The summed E-state index contributed by atoms with van der Waals surface area (Å²) < 4.78 is 0. The van der Waals surface area contributed by atoms with Crippen LogP contribution in [0.15, 0.2) is 34.5 Å². The second-order valence-corrected chi connectivity index (χ2v) is 3.51. The van der Waals surface area contributed by atoms with E-state index in [0.29, 0.717) is 16.4 Å². The predicted octanol–water partition coefficient (Wildman–Crippen LogP) is 2.04. The first kappa shape index (κ1) is 10.6. The van der Waals surface area contributed by atoms with Gasteiger partial charge in [0.05, 0.1) is 10.7 Å². The van der Waals surface area contributed by atoms with Gasteiger partial charge in [-0.2, -0.15) is 5.10 Å². The van der Waals surface area contributed by atoms with Gasteiger partial charge in [0.1, 0.15) is 5.71 Å². The molecule has 2 rings (SSSR count). The summed E-state index contributed by atoms with van der Waals surface area (Å²) in [6.07, 6.45) is 0. The van der Waals surface area contributed by atoms with Crippen LogP contribution >= 0.6 is 11.6 Å². The summed E-state index contributed by atoms with van der Waals surface area (Å²) in [5.74, 6) is -0.572. The van der Waals surface area contributed by atoms with Crippen LogP contribution in [0.2, 0.25) is 5.02 Å². The number of benzene rings is 1. The van der Waals surface area contributed by atoms with Crippen molar-refractivity contribution in [2.24, 2.45) is 10.3 Å². The van der Waals surface area contributed by atoms with E-state index >= 15 is 0 Å². The third kappa shape index (κ3) is 2.04. The zero-order valence-electron chi connectivity index (χ0n) is 8.40. The van der Waals surface area contributed by atoms with Crippen molar-refractivity contribution in [3.05, 3.63) is 29.3 Å². The Labute approximate surface area is 96.7 Å². The average Bonchev–Trinajstić information content (AvgIpc) is 2.58. The molecule has 0 saturated heterocycles. The normalized spacial score (nSPS) is 17.2. The summed E-state index contributed by atoms with van der Waals surface area (Å²) in [7, 11) is 0. The zero-order valence-corrected chi connectivity index (χ0v) is 9.15. The molecule has 1 aromatic rings. The summed E-state index contributed by atoms with van der Waals surface area (Å²) in [5, 5.41) is 7.91. The van der Waals surface area contributed by atoms with E-state index in [1.807, 2.05) is 6.07 Å². The molecule has 0 aromatic heterocycles. The highest BCUT2D eigenvalue weighted by atomic mass is 35.5. The van der Waals surface area contributed by atoms with E-state index in [1.54, 1.807) is 25.1 Å². The largest absolute Gasteiger partial charge is 0.387 e. The number of nitrogens with one attached hydrogen (secondary N) is 1. The number of anilines is 1. The fourth-order valence-corrected chi connectivity index (χ4v) is 1.32.